The van der Waals surface area contributed by atoms with Crippen molar-refractivity contribution in [3.05, 3.63) is 47.4 Å². The fourth-order valence-corrected chi connectivity index (χ4v) is 1.95. The normalized spacial score (nSPS) is 10.8. The number of nitrogens with one attached hydrogen (secondary N) is 1. The van der Waals surface area contributed by atoms with Crippen LogP contribution in [0, 0.1) is 5.21 Å². The molecule has 0 aliphatic carbocycles. The first-order valence-electron chi connectivity index (χ1n) is 5.56. The molecule has 84 valence electrons. The van der Waals surface area contributed by atoms with Crippen molar-refractivity contribution >= 4 is 10.8 Å². The summed E-state index contributed by atoms with van der Waals surface area (Å²) in [7, 11) is 1.94. The summed E-state index contributed by atoms with van der Waals surface area (Å²) >= 11 is 0. The fourth-order valence-electron chi connectivity index (χ4n) is 1.95. The lowest BCUT2D eigenvalue weighted by molar-refractivity contribution is -0.604. The topological polar surface area (TPSA) is 39.0 Å². The maximum atomic E-state index is 11.4. The molecule has 2 rings (SSSR count). The van der Waals surface area contributed by atoms with Gasteiger partial charge in [-0.05, 0) is 37.9 Å². The van der Waals surface area contributed by atoms with Gasteiger partial charge in [0.25, 0.3) is 0 Å². The Morgan fingerprint density at radius 1 is 1.25 bits per heavy atom. The van der Waals surface area contributed by atoms with Gasteiger partial charge in [-0.3, -0.25) is 0 Å². The van der Waals surface area contributed by atoms with E-state index in [2.05, 4.69) is 11.4 Å². The van der Waals surface area contributed by atoms with Gasteiger partial charge in [-0.25, -0.2) is 0 Å². The second kappa shape index (κ2) is 4.94. The van der Waals surface area contributed by atoms with Crippen molar-refractivity contribution in [3.8, 4) is 0 Å². The Morgan fingerprint density at radius 3 is 2.88 bits per heavy atom. The average Bonchev–Trinajstić information content (AvgIpc) is 2.29. The van der Waals surface area contributed by atoms with Gasteiger partial charge < -0.3 is 10.5 Å². The number of rotatable bonds is 4. The molecule has 0 fully saturated rings. The quantitative estimate of drug-likeness (QED) is 0.479. The first-order valence-corrected chi connectivity index (χ1v) is 5.56. The van der Waals surface area contributed by atoms with Crippen LogP contribution in [0.4, 0.5) is 0 Å². The van der Waals surface area contributed by atoms with Gasteiger partial charge in [-0.15, -0.1) is 0 Å². The predicted molar refractivity (Wildman–Crippen MR) is 65.2 cm³/mol. The van der Waals surface area contributed by atoms with E-state index in [-0.39, 0.29) is 0 Å². The molecule has 0 aliphatic rings. The predicted octanol–water partition coefficient (Wildman–Crippen LogP) is 1.63. The van der Waals surface area contributed by atoms with Gasteiger partial charge in [0.05, 0.1) is 0 Å². The molecule has 0 atom stereocenters. The van der Waals surface area contributed by atoms with Crippen LogP contribution in [0.5, 0.6) is 0 Å². The molecular formula is C13H16N2O. The monoisotopic (exact) mass is 216 g/mol. The molecule has 0 saturated carbocycles. The van der Waals surface area contributed by atoms with E-state index in [0.717, 1.165) is 35.1 Å². The third-order valence-electron chi connectivity index (χ3n) is 2.73. The van der Waals surface area contributed by atoms with E-state index in [1.807, 2.05) is 25.2 Å². The van der Waals surface area contributed by atoms with Crippen molar-refractivity contribution in [1.29, 1.82) is 0 Å². The Kier molecular flexibility index (Phi) is 3.37. The molecule has 0 aliphatic heterocycles. The first kappa shape index (κ1) is 10.9. The summed E-state index contributed by atoms with van der Waals surface area (Å²) in [4.78, 5) is 0. The summed E-state index contributed by atoms with van der Waals surface area (Å²) in [5.41, 5.74) is 1.13. The molecule has 1 N–H and O–H groups in total. The highest BCUT2D eigenvalue weighted by molar-refractivity contribution is 5.83. The third-order valence-corrected chi connectivity index (χ3v) is 2.73. The number of hydrogen-bond donors (Lipinski definition) is 1. The summed E-state index contributed by atoms with van der Waals surface area (Å²) in [6.07, 6.45) is 5.28. The maximum Gasteiger partial charge on any atom is 0.188 e. The van der Waals surface area contributed by atoms with Crippen LogP contribution in [-0.4, -0.2) is 13.6 Å². The number of pyridine rings is 1. The summed E-state index contributed by atoms with van der Waals surface area (Å²) in [6.45, 7) is 0.974. The zero-order valence-corrected chi connectivity index (χ0v) is 9.44. The lowest BCUT2D eigenvalue weighted by Crippen LogP contribution is -2.25. The van der Waals surface area contributed by atoms with Crippen LogP contribution in [0.1, 0.15) is 12.0 Å². The highest BCUT2D eigenvalue weighted by atomic mass is 16.5. The average molecular weight is 216 g/mol. The SMILES string of the molecule is CNCCCc1c[n+]([O-])cc2ccccc12. The lowest BCUT2D eigenvalue weighted by atomic mass is 10.0. The summed E-state index contributed by atoms with van der Waals surface area (Å²) in [5.74, 6) is 0. The Hall–Kier alpha value is -1.61. The van der Waals surface area contributed by atoms with Crippen LogP contribution < -0.4 is 10.0 Å². The minimum atomic E-state index is 0.900. The molecule has 0 bridgehead atoms. The van der Waals surface area contributed by atoms with Crippen molar-refractivity contribution in [3.63, 3.8) is 0 Å². The Morgan fingerprint density at radius 2 is 2.06 bits per heavy atom. The van der Waals surface area contributed by atoms with Crippen molar-refractivity contribution < 1.29 is 4.73 Å². The second-order valence-electron chi connectivity index (χ2n) is 3.94. The van der Waals surface area contributed by atoms with Crippen molar-refractivity contribution in [2.75, 3.05) is 13.6 Å². The molecule has 16 heavy (non-hydrogen) atoms. The molecule has 0 spiro atoms. The second-order valence-corrected chi connectivity index (χ2v) is 3.94. The van der Waals surface area contributed by atoms with E-state index in [4.69, 9.17) is 0 Å². The highest BCUT2D eigenvalue weighted by Crippen LogP contribution is 2.17. The number of benzene rings is 1. The van der Waals surface area contributed by atoms with E-state index >= 15 is 0 Å². The molecule has 0 amide bonds. The minimum Gasteiger partial charge on any atom is -0.619 e. The van der Waals surface area contributed by atoms with Crippen molar-refractivity contribution in [2.45, 2.75) is 12.8 Å². The number of hydrogen-bond acceptors (Lipinski definition) is 2. The van der Waals surface area contributed by atoms with E-state index in [1.54, 1.807) is 12.4 Å². The molecule has 1 aromatic heterocycles. The van der Waals surface area contributed by atoms with Crippen LogP contribution in [0.3, 0.4) is 0 Å². The van der Waals surface area contributed by atoms with E-state index in [9.17, 15) is 5.21 Å². The Bertz CT molecular complexity index is 482. The van der Waals surface area contributed by atoms with Crippen LogP contribution in [0.2, 0.25) is 0 Å². The fraction of sp³-hybridized carbons (Fsp3) is 0.308. The lowest BCUT2D eigenvalue weighted by Gasteiger charge is -2.06. The number of nitrogens with zero attached hydrogens (tertiary/aromatic N) is 1. The largest absolute Gasteiger partial charge is 0.619 e. The molecule has 1 aromatic carbocycles. The zero-order valence-electron chi connectivity index (χ0n) is 9.44. The third kappa shape index (κ3) is 2.31. The molecule has 0 unspecified atom stereocenters. The summed E-state index contributed by atoms with van der Waals surface area (Å²) in [6, 6.07) is 8.02. The molecule has 2 aromatic rings. The van der Waals surface area contributed by atoms with Gasteiger partial charge in [0.1, 0.15) is 0 Å². The molecule has 0 radical (unpaired) electrons. The smallest absolute Gasteiger partial charge is 0.188 e. The minimum absolute atomic E-state index is 0.900. The highest BCUT2D eigenvalue weighted by Gasteiger charge is 2.05. The van der Waals surface area contributed by atoms with Gasteiger partial charge in [-0.1, -0.05) is 18.2 Å². The van der Waals surface area contributed by atoms with Crippen LogP contribution in [0.25, 0.3) is 10.8 Å². The van der Waals surface area contributed by atoms with Gasteiger partial charge in [0.15, 0.2) is 12.4 Å². The first-order chi connectivity index (χ1) is 7.81. The summed E-state index contributed by atoms with van der Waals surface area (Å²) in [5, 5.41) is 16.8. The van der Waals surface area contributed by atoms with Gasteiger partial charge in [0.2, 0.25) is 0 Å². The van der Waals surface area contributed by atoms with Crippen LogP contribution in [-0.2, 0) is 6.42 Å². The molecule has 1 heterocycles. The van der Waals surface area contributed by atoms with Crippen LogP contribution in [0.15, 0.2) is 36.7 Å². The molecule has 3 heteroatoms. The van der Waals surface area contributed by atoms with Crippen LogP contribution >= 0.6 is 0 Å². The number of aromatic nitrogens is 1. The summed E-state index contributed by atoms with van der Waals surface area (Å²) < 4.78 is 0.900. The standard InChI is InChI=1S/C13H16N2O/c1-14-8-4-6-12-10-15(16)9-11-5-2-3-7-13(11)12/h2-3,5,7,9-10,14H,4,6,8H2,1H3. The van der Waals surface area contributed by atoms with E-state index in [1.165, 1.54) is 5.39 Å². The molecule has 3 nitrogen and oxygen atoms in total. The number of aryl methyl sites for hydroxylation is 1. The molecular weight excluding hydrogens is 200 g/mol. The van der Waals surface area contributed by atoms with Crippen molar-refractivity contribution in [2.24, 2.45) is 0 Å². The Labute approximate surface area is 95.3 Å². The molecule has 0 saturated heterocycles. The number of fused-ring (bicyclic) bond motifs is 1. The van der Waals surface area contributed by atoms with Gasteiger partial charge in [0, 0.05) is 10.9 Å². The van der Waals surface area contributed by atoms with Gasteiger partial charge >= 0.3 is 0 Å². The Balaban J connectivity index is 2.34. The van der Waals surface area contributed by atoms with E-state index < -0.39 is 0 Å². The zero-order chi connectivity index (χ0) is 11.4. The van der Waals surface area contributed by atoms with Gasteiger partial charge in [-0.2, -0.15) is 4.73 Å². The van der Waals surface area contributed by atoms with E-state index in [0.29, 0.717) is 0 Å². The van der Waals surface area contributed by atoms with Crippen molar-refractivity contribution in [1.82, 2.24) is 5.32 Å². The maximum absolute atomic E-state index is 11.4.